The van der Waals surface area contributed by atoms with Crippen LogP contribution in [0.2, 0.25) is 0 Å². The quantitative estimate of drug-likeness (QED) is 0.792. The molecule has 0 aliphatic heterocycles. The molecule has 0 amide bonds. The van der Waals surface area contributed by atoms with E-state index in [4.69, 9.17) is 5.11 Å². The average Bonchev–Trinajstić information content (AvgIpc) is 2.58. The van der Waals surface area contributed by atoms with Crippen LogP contribution in [0.25, 0.3) is 0 Å². The summed E-state index contributed by atoms with van der Waals surface area (Å²) in [5.41, 5.74) is 2.05. The van der Waals surface area contributed by atoms with E-state index in [1.54, 1.807) is 6.07 Å². The highest BCUT2D eigenvalue weighted by Gasteiger charge is 2.36. The molecule has 15 heavy (non-hydrogen) atoms. The van der Waals surface area contributed by atoms with Gasteiger partial charge >= 0.3 is 0 Å². The number of hydrogen-bond donors (Lipinski definition) is 2. The Morgan fingerprint density at radius 2 is 2.33 bits per heavy atom. The summed E-state index contributed by atoms with van der Waals surface area (Å²) in [5, 5.41) is 12.4. The molecule has 0 saturated heterocycles. The predicted molar refractivity (Wildman–Crippen MR) is 57.2 cm³/mol. The summed E-state index contributed by atoms with van der Waals surface area (Å²) in [5.74, 6) is -0.176. The maximum atomic E-state index is 13.0. The van der Waals surface area contributed by atoms with Gasteiger partial charge in [-0.05, 0) is 49.6 Å². The van der Waals surface area contributed by atoms with Crippen molar-refractivity contribution < 1.29 is 9.50 Å². The molecule has 1 aliphatic rings. The second kappa shape index (κ2) is 3.91. The van der Waals surface area contributed by atoms with E-state index in [9.17, 15) is 4.39 Å². The van der Waals surface area contributed by atoms with Gasteiger partial charge in [0.2, 0.25) is 0 Å². The van der Waals surface area contributed by atoms with Gasteiger partial charge in [0.05, 0.1) is 0 Å². The van der Waals surface area contributed by atoms with Gasteiger partial charge in [-0.15, -0.1) is 0 Å². The molecule has 1 aliphatic carbocycles. The summed E-state index contributed by atoms with van der Waals surface area (Å²) in [6.45, 7) is 0.150. The standard InChI is InChI=1S/C12H16FNO/c1-14-12(6-7-15)5-4-9-8-10(13)2-3-11(9)12/h2-3,8,14-15H,4-7H2,1H3. The van der Waals surface area contributed by atoms with Crippen LogP contribution >= 0.6 is 0 Å². The molecule has 0 saturated carbocycles. The lowest BCUT2D eigenvalue weighted by Crippen LogP contribution is -2.38. The van der Waals surface area contributed by atoms with Crippen LogP contribution in [0.5, 0.6) is 0 Å². The number of aliphatic hydroxyl groups is 1. The topological polar surface area (TPSA) is 32.3 Å². The first-order valence-corrected chi connectivity index (χ1v) is 5.30. The zero-order chi connectivity index (χ0) is 10.9. The van der Waals surface area contributed by atoms with Crippen LogP contribution < -0.4 is 5.32 Å². The van der Waals surface area contributed by atoms with Gasteiger partial charge in [-0.3, -0.25) is 0 Å². The summed E-state index contributed by atoms with van der Waals surface area (Å²) >= 11 is 0. The zero-order valence-electron chi connectivity index (χ0n) is 8.89. The number of fused-ring (bicyclic) bond motifs is 1. The van der Waals surface area contributed by atoms with E-state index in [1.165, 1.54) is 6.07 Å². The molecule has 0 bridgehead atoms. The molecule has 2 N–H and O–H groups in total. The van der Waals surface area contributed by atoms with E-state index < -0.39 is 0 Å². The van der Waals surface area contributed by atoms with Crippen LogP contribution in [0.15, 0.2) is 18.2 Å². The molecular formula is C12H16FNO. The minimum absolute atomic E-state index is 0.150. The fraction of sp³-hybridized carbons (Fsp3) is 0.500. The van der Waals surface area contributed by atoms with Gasteiger partial charge in [0.15, 0.2) is 0 Å². The van der Waals surface area contributed by atoms with Crippen molar-refractivity contribution in [3.8, 4) is 0 Å². The van der Waals surface area contributed by atoms with Gasteiger partial charge in [0.25, 0.3) is 0 Å². The molecule has 1 atom stereocenters. The fourth-order valence-electron chi connectivity index (χ4n) is 2.55. The second-order valence-electron chi connectivity index (χ2n) is 4.11. The molecule has 0 spiro atoms. The van der Waals surface area contributed by atoms with Crippen molar-refractivity contribution in [1.82, 2.24) is 5.32 Å². The Morgan fingerprint density at radius 3 is 3.00 bits per heavy atom. The van der Waals surface area contributed by atoms with E-state index in [1.807, 2.05) is 13.1 Å². The lowest BCUT2D eigenvalue weighted by Gasteiger charge is -2.29. The van der Waals surface area contributed by atoms with Gasteiger partial charge < -0.3 is 10.4 Å². The molecule has 2 nitrogen and oxygen atoms in total. The molecule has 0 radical (unpaired) electrons. The van der Waals surface area contributed by atoms with Gasteiger partial charge in [-0.1, -0.05) is 6.07 Å². The Morgan fingerprint density at radius 1 is 1.53 bits per heavy atom. The molecule has 1 aromatic carbocycles. The van der Waals surface area contributed by atoms with Crippen molar-refractivity contribution in [1.29, 1.82) is 0 Å². The maximum Gasteiger partial charge on any atom is 0.123 e. The van der Waals surface area contributed by atoms with Crippen molar-refractivity contribution in [2.24, 2.45) is 0 Å². The lowest BCUT2D eigenvalue weighted by atomic mass is 9.89. The third kappa shape index (κ3) is 1.66. The smallest absolute Gasteiger partial charge is 0.123 e. The first-order chi connectivity index (χ1) is 7.22. The average molecular weight is 209 g/mol. The Hall–Kier alpha value is -0.930. The normalized spacial score (nSPS) is 24.2. The first-order valence-electron chi connectivity index (χ1n) is 5.30. The monoisotopic (exact) mass is 209 g/mol. The fourth-order valence-corrected chi connectivity index (χ4v) is 2.55. The minimum Gasteiger partial charge on any atom is -0.396 e. The van der Waals surface area contributed by atoms with Gasteiger partial charge in [0.1, 0.15) is 5.82 Å². The molecule has 1 aromatic rings. The van der Waals surface area contributed by atoms with Crippen LogP contribution in [0.4, 0.5) is 4.39 Å². The Kier molecular flexibility index (Phi) is 2.76. The maximum absolute atomic E-state index is 13.0. The van der Waals surface area contributed by atoms with Crippen molar-refractivity contribution in [2.75, 3.05) is 13.7 Å². The predicted octanol–water partition coefficient (Wildman–Crippen LogP) is 1.57. The molecule has 82 valence electrons. The number of rotatable bonds is 3. The van der Waals surface area contributed by atoms with E-state index in [2.05, 4.69) is 5.32 Å². The zero-order valence-corrected chi connectivity index (χ0v) is 8.89. The number of halogens is 1. The lowest BCUT2D eigenvalue weighted by molar-refractivity contribution is 0.216. The van der Waals surface area contributed by atoms with E-state index in [0.29, 0.717) is 6.42 Å². The van der Waals surface area contributed by atoms with Gasteiger partial charge in [-0.25, -0.2) is 4.39 Å². The molecular weight excluding hydrogens is 193 g/mol. The van der Waals surface area contributed by atoms with Crippen LogP contribution in [0.1, 0.15) is 24.0 Å². The molecule has 2 rings (SSSR count). The first kappa shape index (κ1) is 10.6. The number of hydrogen-bond acceptors (Lipinski definition) is 2. The van der Waals surface area contributed by atoms with Crippen LogP contribution in [0.3, 0.4) is 0 Å². The highest BCUT2D eigenvalue weighted by atomic mass is 19.1. The van der Waals surface area contributed by atoms with E-state index in [0.717, 1.165) is 24.0 Å². The summed E-state index contributed by atoms with van der Waals surface area (Å²) in [7, 11) is 1.90. The molecule has 1 unspecified atom stereocenters. The number of aryl methyl sites for hydroxylation is 1. The van der Waals surface area contributed by atoms with Crippen LogP contribution in [-0.2, 0) is 12.0 Å². The second-order valence-corrected chi connectivity index (χ2v) is 4.11. The minimum atomic E-state index is -0.176. The van der Waals surface area contributed by atoms with Crippen molar-refractivity contribution in [3.63, 3.8) is 0 Å². The third-order valence-corrected chi connectivity index (χ3v) is 3.42. The van der Waals surface area contributed by atoms with E-state index >= 15 is 0 Å². The number of nitrogens with one attached hydrogen (secondary N) is 1. The van der Waals surface area contributed by atoms with Crippen molar-refractivity contribution in [3.05, 3.63) is 35.1 Å². The summed E-state index contributed by atoms with van der Waals surface area (Å²) in [4.78, 5) is 0. The van der Waals surface area contributed by atoms with Crippen molar-refractivity contribution >= 4 is 0 Å². The summed E-state index contributed by atoms with van der Waals surface area (Å²) in [6, 6.07) is 4.93. The largest absolute Gasteiger partial charge is 0.396 e. The van der Waals surface area contributed by atoms with E-state index in [-0.39, 0.29) is 18.0 Å². The van der Waals surface area contributed by atoms with Crippen LogP contribution in [-0.4, -0.2) is 18.8 Å². The van der Waals surface area contributed by atoms with Gasteiger partial charge in [0, 0.05) is 12.1 Å². The SMILES string of the molecule is CNC1(CCO)CCc2cc(F)ccc21. The molecule has 0 heterocycles. The Labute approximate surface area is 89.1 Å². The molecule has 3 heteroatoms. The summed E-state index contributed by atoms with van der Waals surface area (Å²) < 4.78 is 13.0. The van der Waals surface area contributed by atoms with Crippen LogP contribution in [0, 0.1) is 5.82 Å². The highest BCUT2D eigenvalue weighted by Crippen LogP contribution is 2.39. The van der Waals surface area contributed by atoms with Crippen molar-refractivity contribution in [2.45, 2.75) is 24.8 Å². The highest BCUT2D eigenvalue weighted by molar-refractivity contribution is 5.39. The Balaban J connectivity index is 2.41. The number of aliphatic hydroxyl groups excluding tert-OH is 1. The Bertz CT molecular complexity index is 367. The molecule has 0 aromatic heterocycles. The molecule has 0 fully saturated rings. The third-order valence-electron chi connectivity index (χ3n) is 3.42. The van der Waals surface area contributed by atoms with Gasteiger partial charge in [-0.2, -0.15) is 0 Å². The summed E-state index contributed by atoms with van der Waals surface area (Å²) in [6.07, 6.45) is 2.50. The number of benzene rings is 1.